The van der Waals surface area contributed by atoms with Gasteiger partial charge in [0.25, 0.3) is 0 Å². The van der Waals surface area contributed by atoms with Gasteiger partial charge in [-0.15, -0.1) is 0 Å². The first kappa shape index (κ1) is 21.8. The van der Waals surface area contributed by atoms with Gasteiger partial charge in [-0.3, -0.25) is 9.59 Å². The molecule has 29 heavy (non-hydrogen) atoms. The highest BCUT2D eigenvalue weighted by Crippen LogP contribution is 2.29. The van der Waals surface area contributed by atoms with E-state index in [1.165, 1.54) is 4.31 Å². The maximum atomic E-state index is 13.0. The predicted octanol–water partition coefficient (Wildman–Crippen LogP) is 1.49. The lowest BCUT2D eigenvalue weighted by atomic mass is 9.93. The SMILES string of the molecule is CCOC(=O)[C@H]1CCCN(C(=O)C2CCN(S(=O)(=O)c3c(C)noc3C)CC2)C1. The van der Waals surface area contributed by atoms with Crippen LogP contribution in [0, 0.1) is 25.7 Å². The van der Waals surface area contributed by atoms with E-state index in [9.17, 15) is 18.0 Å². The Morgan fingerprint density at radius 1 is 1.14 bits per heavy atom. The number of amides is 1. The fraction of sp³-hybridized carbons (Fsp3) is 0.737. The van der Waals surface area contributed by atoms with Gasteiger partial charge in [-0.05, 0) is 46.5 Å². The molecule has 2 saturated heterocycles. The Bertz CT molecular complexity index is 838. The highest BCUT2D eigenvalue weighted by Gasteiger charge is 2.38. The van der Waals surface area contributed by atoms with E-state index in [0.717, 1.165) is 12.8 Å². The molecule has 3 rings (SSSR count). The summed E-state index contributed by atoms with van der Waals surface area (Å²) in [6, 6.07) is 0. The number of esters is 1. The summed E-state index contributed by atoms with van der Waals surface area (Å²) < 4.78 is 37.4. The van der Waals surface area contributed by atoms with E-state index < -0.39 is 10.0 Å². The van der Waals surface area contributed by atoms with Gasteiger partial charge in [0, 0.05) is 32.1 Å². The Labute approximate surface area is 171 Å². The van der Waals surface area contributed by atoms with Crippen LogP contribution in [0.4, 0.5) is 0 Å². The lowest BCUT2D eigenvalue weighted by Crippen LogP contribution is -2.48. The molecule has 0 bridgehead atoms. The van der Waals surface area contributed by atoms with Crippen molar-refractivity contribution in [2.75, 3.05) is 32.8 Å². The molecule has 0 N–H and O–H groups in total. The monoisotopic (exact) mass is 427 g/mol. The molecule has 1 aromatic heterocycles. The van der Waals surface area contributed by atoms with Crippen molar-refractivity contribution in [1.82, 2.24) is 14.4 Å². The zero-order valence-corrected chi connectivity index (χ0v) is 18.0. The molecular weight excluding hydrogens is 398 g/mol. The van der Waals surface area contributed by atoms with E-state index >= 15 is 0 Å². The topological polar surface area (TPSA) is 110 Å². The zero-order chi connectivity index (χ0) is 21.2. The van der Waals surface area contributed by atoms with Gasteiger partial charge in [-0.25, -0.2) is 8.42 Å². The van der Waals surface area contributed by atoms with Crippen molar-refractivity contribution >= 4 is 21.9 Å². The molecule has 9 nitrogen and oxygen atoms in total. The second-order valence-corrected chi connectivity index (χ2v) is 9.58. The van der Waals surface area contributed by atoms with E-state index in [-0.39, 0.29) is 47.5 Å². The van der Waals surface area contributed by atoms with Gasteiger partial charge in [0.1, 0.15) is 10.6 Å². The number of ether oxygens (including phenoxy) is 1. The average molecular weight is 428 g/mol. The number of aromatic nitrogens is 1. The number of likely N-dealkylation sites (tertiary alicyclic amines) is 1. The summed E-state index contributed by atoms with van der Waals surface area (Å²) in [5.41, 5.74) is 0.346. The molecule has 10 heteroatoms. The Kier molecular flexibility index (Phi) is 6.62. The molecular formula is C19H29N3O6S. The highest BCUT2D eigenvalue weighted by molar-refractivity contribution is 7.89. The van der Waals surface area contributed by atoms with Gasteiger partial charge in [-0.2, -0.15) is 4.31 Å². The molecule has 2 fully saturated rings. The zero-order valence-electron chi connectivity index (χ0n) is 17.2. The van der Waals surface area contributed by atoms with Crippen LogP contribution in [0.5, 0.6) is 0 Å². The Morgan fingerprint density at radius 2 is 1.83 bits per heavy atom. The van der Waals surface area contributed by atoms with Crippen LogP contribution >= 0.6 is 0 Å². The summed E-state index contributed by atoms with van der Waals surface area (Å²) in [4.78, 5) is 26.8. The Morgan fingerprint density at radius 3 is 2.41 bits per heavy atom. The third-order valence-electron chi connectivity index (χ3n) is 5.72. The molecule has 2 aliphatic heterocycles. The predicted molar refractivity (Wildman–Crippen MR) is 103 cm³/mol. The van der Waals surface area contributed by atoms with E-state index in [4.69, 9.17) is 9.26 Å². The molecule has 0 saturated carbocycles. The van der Waals surface area contributed by atoms with E-state index in [1.54, 1.807) is 25.7 Å². The van der Waals surface area contributed by atoms with Crippen LogP contribution < -0.4 is 0 Å². The summed E-state index contributed by atoms with van der Waals surface area (Å²) in [6.45, 7) is 6.86. The molecule has 0 aliphatic carbocycles. The number of hydrogen-bond acceptors (Lipinski definition) is 7. The van der Waals surface area contributed by atoms with E-state index in [1.807, 2.05) is 0 Å². The second kappa shape index (κ2) is 8.83. The quantitative estimate of drug-likeness (QED) is 0.655. The Hall–Kier alpha value is -1.94. The first-order valence-corrected chi connectivity index (χ1v) is 11.6. The summed E-state index contributed by atoms with van der Waals surface area (Å²) in [7, 11) is -3.69. The maximum absolute atomic E-state index is 13.0. The molecule has 0 aromatic carbocycles. The number of rotatable bonds is 5. The largest absolute Gasteiger partial charge is 0.466 e. The highest BCUT2D eigenvalue weighted by atomic mass is 32.2. The molecule has 162 valence electrons. The third-order valence-corrected chi connectivity index (χ3v) is 7.87. The van der Waals surface area contributed by atoms with Crippen molar-refractivity contribution in [3.8, 4) is 0 Å². The molecule has 0 spiro atoms. The van der Waals surface area contributed by atoms with Gasteiger partial charge in [0.2, 0.25) is 15.9 Å². The first-order valence-electron chi connectivity index (χ1n) is 10.1. The maximum Gasteiger partial charge on any atom is 0.310 e. The average Bonchev–Trinajstić information content (AvgIpc) is 3.06. The van der Waals surface area contributed by atoms with Gasteiger partial charge in [-0.1, -0.05) is 5.16 Å². The molecule has 1 aromatic rings. The summed E-state index contributed by atoms with van der Waals surface area (Å²) in [6.07, 6.45) is 2.43. The van der Waals surface area contributed by atoms with Crippen LogP contribution in [-0.2, 0) is 24.3 Å². The molecule has 2 aliphatic rings. The minimum absolute atomic E-state index is 0.00776. The van der Waals surface area contributed by atoms with Crippen LogP contribution in [0.3, 0.4) is 0 Å². The normalized spacial score (nSPS) is 21.9. The first-order chi connectivity index (χ1) is 13.8. The van der Waals surface area contributed by atoms with E-state index in [2.05, 4.69) is 5.16 Å². The molecule has 0 unspecified atom stereocenters. The summed E-state index contributed by atoms with van der Waals surface area (Å²) in [5, 5.41) is 3.74. The molecule has 1 amide bonds. The van der Waals surface area contributed by atoms with Crippen LogP contribution in [0.2, 0.25) is 0 Å². The van der Waals surface area contributed by atoms with E-state index in [0.29, 0.717) is 38.2 Å². The van der Waals surface area contributed by atoms with Gasteiger partial charge in [0.15, 0.2) is 5.76 Å². The molecule has 1 atom stereocenters. The van der Waals surface area contributed by atoms with Gasteiger partial charge in [0.05, 0.1) is 12.5 Å². The van der Waals surface area contributed by atoms with Crippen LogP contribution in [0.1, 0.15) is 44.1 Å². The number of hydrogen-bond donors (Lipinski definition) is 0. The number of carbonyl (C=O) groups excluding carboxylic acids is 2. The Balaban J connectivity index is 1.60. The minimum atomic E-state index is -3.69. The smallest absolute Gasteiger partial charge is 0.310 e. The van der Waals surface area contributed by atoms with Crippen LogP contribution in [0.15, 0.2) is 9.42 Å². The molecule has 0 radical (unpaired) electrons. The fourth-order valence-corrected chi connectivity index (χ4v) is 5.96. The van der Waals surface area contributed by atoms with Crippen molar-refractivity contribution in [1.29, 1.82) is 0 Å². The van der Waals surface area contributed by atoms with Crippen LogP contribution in [-0.4, -0.2) is 67.4 Å². The number of carbonyl (C=O) groups is 2. The lowest BCUT2D eigenvalue weighted by molar-refractivity contribution is -0.152. The molecule has 3 heterocycles. The minimum Gasteiger partial charge on any atom is -0.466 e. The van der Waals surface area contributed by atoms with Crippen molar-refractivity contribution in [3.63, 3.8) is 0 Å². The van der Waals surface area contributed by atoms with Gasteiger partial charge >= 0.3 is 5.97 Å². The summed E-state index contributed by atoms with van der Waals surface area (Å²) in [5.74, 6) is -0.461. The van der Waals surface area contributed by atoms with Crippen molar-refractivity contribution in [2.45, 2.75) is 51.3 Å². The number of nitrogens with zero attached hydrogens (tertiary/aromatic N) is 3. The number of aryl methyl sites for hydroxylation is 2. The lowest BCUT2D eigenvalue weighted by Gasteiger charge is -2.36. The number of piperidine rings is 2. The van der Waals surface area contributed by atoms with Crippen LogP contribution in [0.25, 0.3) is 0 Å². The standard InChI is InChI=1S/C19H29N3O6S/c1-4-27-19(24)16-6-5-9-21(12-16)18(23)15-7-10-22(11-8-15)29(25,26)17-13(2)20-28-14(17)3/h15-16H,4-12H2,1-3H3/t16-/m0/s1. The van der Waals surface area contributed by atoms with Crippen molar-refractivity contribution < 1.29 is 27.3 Å². The number of sulfonamides is 1. The summed E-state index contributed by atoms with van der Waals surface area (Å²) >= 11 is 0. The van der Waals surface area contributed by atoms with Crippen molar-refractivity contribution in [3.05, 3.63) is 11.5 Å². The van der Waals surface area contributed by atoms with Crippen molar-refractivity contribution in [2.24, 2.45) is 11.8 Å². The third kappa shape index (κ3) is 4.48. The fourth-order valence-electron chi connectivity index (χ4n) is 4.20. The second-order valence-electron chi connectivity index (χ2n) is 7.71. The van der Waals surface area contributed by atoms with Gasteiger partial charge < -0.3 is 14.2 Å².